The number of nitrogens with zero attached hydrogens (tertiary/aromatic N) is 3. The molecule has 0 radical (unpaired) electrons. The van der Waals surface area contributed by atoms with Crippen LogP contribution in [0.15, 0.2) is 36.5 Å². The topological polar surface area (TPSA) is 38.1 Å². The maximum absolute atomic E-state index is 13.5. The summed E-state index contributed by atoms with van der Waals surface area (Å²) in [4.78, 5) is 20.1. The summed E-state index contributed by atoms with van der Waals surface area (Å²) in [6.45, 7) is 2.91. The Morgan fingerprint density at radius 2 is 1.68 bits per heavy atom. The standard InChI is InChI=1S/C21H25N3O/c1-14-22-12-20(24(14)18-5-3-2-4-6-18)21(25)23-13-17-8-15-7-16(9-17)11-19(23)10-15/h2-6,12,15-17,19H,7-11,13H2,1H3. The van der Waals surface area contributed by atoms with Crippen LogP contribution in [0, 0.1) is 24.7 Å². The van der Waals surface area contributed by atoms with Gasteiger partial charge in [-0.15, -0.1) is 0 Å². The summed E-state index contributed by atoms with van der Waals surface area (Å²) in [5.41, 5.74) is 1.73. The van der Waals surface area contributed by atoms with Gasteiger partial charge in [-0.3, -0.25) is 9.36 Å². The van der Waals surface area contributed by atoms with Crippen LogP contribution in [0.4, 0.5) is 0 Å². The first-order valence-corrected chi connectivity index (χ1v) is 9.59. The third kappa shape index (κ3) is 2.50. The number of imidazole rings is 1. The minimum atomic E-state index is 0.169. The van der Waals surface area contributed by atoms with Crippen molar-refractivity contribution in [1.29, 1.82) is 0 Å². The monoisotopic (exact) mass is 335 g/mol. The van der Waals surface area contributed by atoms with E-state index in [0.717, 1.165) is 29.9 Å². The van der Waals surface area contributed by atoms with Crippen molar-refractivity contribution in [2.75, 3.05) is 6.54 Å². The average Bonchev–Trinajstić information content (AvgIpc) is 2.89. The lowest BCUT2D eigenvalue weighted by atomic mass is 9.68. The number of hydrogen-bond donors (Lipinski definition) is 0. The van der Waals surface area contributed by atoms with Crippen molar-refractivity contribution in [3.63, 3.8) is 0 Å². The first-order valence-electron chi connectivity index (χ1n) is 9.59. The molecule has 130 valence electrons. The Labute approximate surface area is 148 Å². The molecule has 6 rings (SSSR count). The van der Waals surface area contributed by atoms with Crippen molar-refractivity contribution in [3.8, 4) is 5.69 Å². The fraction of sp³-hybridized carbons (Fsp3) is 0.524. The normalized spacial score (nSPS) is 30.5. The average molecular weight is 335 g/mol. The Morgan fingerprint density at radius 3 is 2.40 bits per heavy atom. The van der Waals surface area contributed by atoms with Gasteiger partial charge in [-0.25, -0.2) is 4.98 Å². The Bertz CT molecular complexity index is 783. The van der Waals surface area contributed by atoms with Gasteiger partial charge in [0, 0.05) is 18.3 Å². The fourth-order valence-corrected chi connectivity index (χ4v) is 5.68. The highest BCUT2D eigenvalue weighted by atomic mass is 16.2. The van der Waals surface area contributed by atoms with Gasteiger partial charge in [-0.1, -0.05) is 18.2 Å². The van der Waals surface area contributed by atoms with Crippen LogP contribution in [0.3, 0.4) is 0 Å². The first-order chi connectivity index (χ1) is 12.2. The van der Waals surface area contributed by atoms with Gasteiger partial charge < -0.3 is 4.90 Å². The zero-order chi connectivity index (χ0) is 17.0. The van der Waals surface area contributed by atoms with E-state index < -0.39 is 0 Å². The second-order valence-electron chi connectivity index (χ2n) is 8.25. The molecule has 4 nitrogen and oxygen atoms in total. The molecule has 2 aromatic rings. The van der Waals surface area contributed by atoms with E-state index in [2.05, 4.69) is 9.88 Å². The molecule has 4 fully saturated rings. The number of carbonyl (C=O) groups is 1. The zero-order valence-electron chi connectivity index (χ0n) is 14.8. The first kappa shape index (κ1) is 15.2. The molecule has 0 N–H and O–H groups in total. The van der Waals surface area contributed by atoms with Gasteiger partial charge >= 0.3 is 0 Å². The van der Waals surface area contributed by atoms with E-state index in [-0.39, 0.29) is 5.91 Å². The molecule has 2 atom stereocenters. The molecule has 3 heterocycles. The molecule has 2 saturated heterocycles. The number of carbonyl (C=O) groups excluding carboxylic acids is 1. The number of aromatic nitrogens is 2. The summed E-state index contributed by atoms with van der Waals surface area (Å²) in [5.74, 6) is 3.44. The molecule has 2 aliphatic heterocycles. The summed E-state index contributed by atoms with van der Waals surface area (Å²) >= 11 is 0. The quantitative estimate of drug-likeness (QED) is 0.836. The lowest BCUT2D eigenvalue weighted by Crippen LogP contribution is -2.42. The van der Waals surface area contributed by atoms with Crippen molar-refractivity contribution >= 4 is 5.91 Å². The maximum atomic E-state index is 13.5. The van der Waals surface area contributed by atoms with Crippen molar-refractivity contribution in [2.45, 2.75) is 45.1 Å². The van der Waals surface area contributed by atoms with Crippen LogP contribution in [0.5, 0.6) is 0 Å². The fourth-order valence-electron chi connectivity index (χ4n) is 5.68. The Hall–Kier alpha value is -2.10. The zero-order valence-corrected chi connectivity index (χ0v) is 14.8. The van der Waals surface area contributed by atoms with E-state index in [1.54, 1.807) is 6.20 Å². The van der Waals surface area contributed by atoms with Crippen molar-refractivity contribution < 1.29 is 4.79 Å². The molecule has 0 spiro atoms. The molecule has 4 heteroatoms. The second kappa shape index (κ2) is 5.72. The van der Waals surface area contributed by atoms with E-state index in [1.807, 2.05) is 41.8 Å². The number of hydrogen-bond acceptors (Lipinski definition) is 2. The number of aryl methyl sites for hydroxylation is 1. The molecular formula is C21H25N3O. The highest BCUT2D eigenvalue weighted by Crippen LogP contribution is 2.47. The highest BCUT2D eigenvalue weighted by Gasteiger charge is 2.44. The molecule has 4 bridgehead atoms. The van der Waals surface area contributed by atoms with E-state index >= 15 is 0 Å². The SMILES string of the molecule is Cc1ncc(C(=O)N2CC3CC4CC(C3)CC2C4)n1-c1ccccc1. The van der Waals surface area contributed by atoms with E-state index in [0.29, 0.717) is 17.7 Å². The number of amides is 1. The summed E-state index contributed by atoms with van der Waals surface area (Å²) in [6.07, 6.45) is 8.23. The summed E-state index contributed by atoms with van der Waals surface area (Å²) in [7, 11) is 0. The molecule has 1 amide bonds. The highest BCUT2D eigenvalue weighted by molar-refractivity contribution is 5.93. The summed E-state index contributed by atoms with van der Waals surface area (Å²) < 4.78 is 2.01. The van der Waals surface area contributed by atoms with E-state index in [4.69, 9.17) is 0 Å². The molecular weight excluding hydrogens is 310 g/mol. The van der Waals surface area contributed by atoms with Crippen LogP contribution in [0.2, 0.25) is 0 Å². The maximum Gasteiger partial charge on any atom is 0.272 e. The van der Waals surface area contributed by atoms with Gasteiger partial charge in [0.05, 0.1) is 6.20 Å². The van der Waals surface area contributed by atoms with Crippen LogP contribution < -0.4 is 0 Å². The van der Waals surface area contributed by atoms with Crippen LogP contribution in [-0.2, 0) is 0 Å². The van der Waals surface area contributed by atoms with Crippen molar-refractivity contribution in [3.05, 3.63) is 48.0 Å². The lowest BCUT2D eigenvalue weighted by molar-refractivity contribution is 0.0624. The van der Waals surface area contributed by atoms with E-state index in [9.17, 15) is 4.79 Å². The van der Waals surface area contributed by atoms with Crippen molar-refractivity contribution in [1.82, 2.24) is 14.5 Å². The van der Waals surface area contributed by atoms with Gasteiger partial charge in [0.1, 0.15) is 11.5 Å². The molecule has 2 unspecified atom stereocenters. The largest absolute Gasteiger partial charge is 0.334 e. The summed E-state index contributed by atoms with van der Waals surface area (Å²) in [6, 6.07) is 10.5. The molecule has 25 heavy (non-hydrogen) atoms. The summed E-state index contributed by atoms with van der Waals surface area (Å²) in [5, 5.41) is 0. The number of benzene rings is 1. The number of fused-ring (bicyclic) bond motifs is 1. The molecule has 1 aromatic heterocycles. The van der Waals surface area contributed by atoms with Crippen molar-refractivity contribution in [2.24, 2.45) is 17.8 Å². The molecule has 2 aliphatic carbocycles. The van der Waals surface area contributed by atoms with Gasteiger partial charge in [0.25, 0.3) is 5.91 Å². The minimum Gasteiger partial charge on any atom is -0.334 e. The number of para-hydroxylation sites is 1. The van der Waals surface area contributed by atoms with E-state index in [1.165, 1.54) is 32.1 Å². The predicted octanol–water partition coefficient (Wildman–Crippen LogP) is 3.83. The van der Waals surface area contributed by atoms with Gasteiger partial charge in [0.15, 0.2) is 0 Å². The smallest absolute Gasteiger partial charge is 0.272 e. The van der Waals surface area contributed by atoms with Crippen LogP contribution in [0.1, 0.15) is 48.4 Å². The molecule has 1 aromatic carbocycles. The molecule has 4 aliphatic rings. The third-order valence-corrected chi connectivity index (χ3v) is 6.54. The van der Waals surface area contributed by atoms with Gasteiger partial charge in [-0.05, 0) is 68.9 Å². The van der Waals surface area contributed by atoms with Gasteiger partial charge in [0.2, 0.25) is 0 Å². The second-order valence-corrected chi connectivity index (χ2v) is 8.25. The number of rotatable bonds is 2. The minimum absolute atomic E-state index is 0.169. The predicted molar refractivity (Wildman–Crippen MR) is 96.7 cm³/mol. The third-order valence-electron chi connectivity index (χ3n) is 6.54. The van der Waals surface area contributed by atoms with Gasteiger partial charge in [-0.2, -0.15) is 0 Å². The molecule has 2 saturated carbocycles. The van der Waals surface area contributed by atoms with Crippen LogP contribution in [-0.4, -0.2) is 32.9 Å². The van der Waals surface area contributed by atoms with Crippen LogP contribution in [0.25, 0.3) is 5.69 Å². The Balaban J connectivity index is 1.51. The van der Waals surface area contributed by atoms with Crippen LogP contribution >= 0.6 is 0 Å². The Morgan fingerprint density at radius 1 is 1.00 bits per heavy atom. The lowest BCUT2D eigenvalue weighted by Gasteiger charge is -2.39. The Kier molecular flexibility index (Phi) is 3.47.